The Morgan fingerprint density at radius 3 is 2.95 bits per heavy atom. The van der Waals surface area contributed by atoms with Crippen molar-refractivity contribution in [1.82, 2.24) is 0 Å². The Bertz CT molecular complexity index is 703. The maximum absolute atomic E-state index is 5.40. The van der Waals surface area contributed by atoms with Gasteiger partial charge in [-0.25, -0.2) is 0 Å². The number of fused-ring (bicyclic) bond motifs is 3. The zero-order chi connectivity index (χ0) is 14.4. The van der Waals surface area contributed by atoms with Crippen LogP contribution in [0.2, 0.25) is 0 Å². The SMILES string of the molecule is COc1ccc2c(c1)C1C=CCC1C(c1sccc1C)N2. The summed E-state index contributed by atoms with van der Waals surface area (Å²) >= 11 is 1.87. The van der Waals surface area contributed by atoms with Gasteiger partial charge in [0.15, 0.2) is 0 Å². The van der Waals surface area contributed by atoms with Gasteiger partial charge in [0.2, 0.25) is 0 Å². The van der Waals surface area contributed by atoms with E-state index in [1.54, 1.807) is 7.11 Å². The Labute approximate surface area is 129 Å². The second kappa shape index (κ2) is 4.92. The van der Waals surface area contributed by atoms with Crippen LogP contribution in [0.4, 0.5) is 5.69 Å². The fourth-order valence-corrected chi connectivity index (χ4v) is 4.72. The van der Waals surface area contributed by atoms with Crippen LogP contribution in [-0.2, 0) is 0 Å². The van der Waals surface area contributed by atoms with Crippen molar-refractivity contribution in [2.75, 3.05) is 12.4 Å². The molecule has 21 heavy (non-hydrogen) atoms. The minimum Gasteiger partial charge on any atom is -0.497 e. The summed E-state index contributed by atoms with van der Waals surface area (Å²) < 4.78 is 5.40. The van der Waals surface area contributed by atoms with Gasteiger partial charge in [-0.05, 0) is 60.0 Å². The molecule has 4 rings (SSSR count). The lowest BCUT2D eigenvalue weighted by atomic mass is 9.78. The molecule has 0 fully saturated rings. The summed E-state index contributed by atoms with van der Waals surface area (Å²) in [5, 5.41) is 5.98. The van der Waals surface area contributed by atoms with Crippen molar-refractivity contribution in [2.45, 2.75) is 25.3 Å². The van der Waals surface area contributed by atoms with E-state index in [1.807, 2.05) is 17.4 Å². The minimum absolute atomic E-state index is 0.422. The topological polar surface area (TPSA) is 21.3 Å². The normalized spacial score (nSPS) is 26.1. The molecule has 2 aliphatic rings. The molecule has 1 aliphatic carbocycles. The van der Waals surface area contributed by atoms with E-state index in [2.05, 4.69) is 48.0 Å². The van der Waals surface area contributed by atoms with Gasteiger partial charge in [-0.1, -0.05) is 12.2 Å². The number of hydrogen-bond donors (Lipinski definition) is 1. The standard InChI is InChI=1S/C18H19NOS/c1-11-8-9-21-18(11)17-14-5-3-4-13(14)15-10-12(20-2)6-7-16(15)19-17/h3-4,6-10,13-14,17,19H,5H2,1-2H3. The molecule has 108 valence electrons. The van der Waals surface area contributed by atoms with Gasteiger partial charge in [-0.15, -0.1) is 11.3 Å². The van der Waals surface area contributed by atoms with Gasteiger partial charge in [0.25, 0.3) is 0 Å². The van der Waals surface area contributed by atoms with Crippen molar-refractivity contribution in [1.29, 1.82) is 0 Å². The average Bonchev–Trinajstić information content (AvgIpc) is 3.15. The zero-order valence-electron chi connectivity index (χ0n) is 12.3. The Hall–Kier alpha value is -1.74. The Kier molecular flexibility index (Phi) is 3.03. The monoisotopic (exact) mass is 297 g/mol. The molecule has 3 unspecified atom stereocenters. The molecule has 0 amide bonds. The zero-order valence-corrected chi connectivity index (χ0v) is 13.1. The molecule has 1 aliphatic heterocycles. The third kappa shape index (κ3) is 1.99. The van der Waals surface area contributed by atoms with E-state index in [1.165, 1.54) is 21.7 Å². The average molecular weight is 297 g/mol. The highest BCUT2D eigenvalue weighted by atomic mass is 32.1. The van der Waals surface area contributed by atoms with Crippen LogP contribution in [0.25, 0.3) is 0 Å². The van der Waals surface area contributed by atoms with Crippen LogP contribution in [0, 0.1) is 12.8 Å². The van der Waals surface area contributed by atoms with Crippen LogP contribution < -0.4 is 10.1 Å². The highest BCUT2D eigenvalue weighted by Gasteiger charge is 2.38. The molecule has 0 saturated carbocycles. The molecule has 0 spiro atoms. The second-order valence-electron chi connectivity index (χ2n) is 5.90. The number of anilines is 1. The maximum Gasteiger partial charge on any atom is 0.119 e. The highest BCUT2D eigenvalue weighted by Crippen LogP contribution is 2.51. The molecule has 2 nitrogen and oxygen atoms in total. The fraction of sp³-hybridized carbons (Fsp3) is 0.333. The van der Waals surface area contributed by atoms with E-state index >= 15 is 0 Å². The molecule has 0 radical (unpaired) electrons. The fourth-order valence-electron chi connectivity index (χ4n) is 3.66. The Balaban J connectivity index is 1.80. The number of allylic oxidation sites excluding steroid dienone is 2. The van der Waals surface area contributed by atoms with Crippen molar-refractivity contribution < 1.29 is 4.74 Å². The van der Waals surface area contributed by atoms with E-state index in [9.17, 15) is 0 Å². The summed E-state index contributed by atoms with van der Waals surface area (Å²) in [6.45, 7) is 2.22. The molecule has 1 aromatic carbocycles. The van der Waals surface area contributed by atoms with E-state index < -0.39 is 0 Å². The van der Waals surface area contributed by atoms with Crippen LogP contribution in [0.5, 0.6) is 5.75 Å². The molecular formula is C18H19NOS. The number of nitrogens with one attached hydrogen (secondary N) is 1. The first kappa shape index (κ1) is 13.0. The van der Waals surface area contributed by atoms with Gasteiger partial charge in [0.05, 0.1) is 13.2 Å². The third-order valence-corrected chi connectivity index (χ3v) is 5.86. The third-order valence-electron chi connectivity index (χ3n) is 4.75. The second-order valence-corrected chi connectivity index (χ2v) is 6.84. The summed E-state index contributed by atoms with van der Waals surface area (Å²) in [5.41, 5.74) is 4.03. The number of rotatable bonds is 2. The highest BCUT2D eigenvalue weighted by molar-refractivity contribution is 7.10. The van der Waals surface area contributed by atoms with E-state index in [-0.39, 0.29) is 0 Å². The lowest BCUT2D eigenvalue weighted by Crippen LogP contribution is -2.28. The molecule has 3 heteroatoms. The predicted molar refractivity (Wildman–Crippen MR) is 88.4 cm³/mol. The van der Waals surface area contributed by atoms with Gasteiger partial charge in [-0.3, -0.25) is 0 Å². The van der Waals surface area contributed by atoms with Crippen molar-refractivity contribution in [2.24, 2.45) is 5.92 Å². The largest absolute Gasteiger partial charge is 0.497 e. The van der Waals surface area contributed by atoms with Crippen LogP contribution in [0.15, 0.2) is 41.8 Å². The van der Waals surface area contributed by atoms with E-state index in [4.69, 9.17) is 4.74 Å². The summed E-state index contributed by atoms with van der Waals surface area (Å²) in [7, 11) is 1.73. The first-order valence-electron chi connectivity index (χ1n) is 7.43. The maximum atomic E-state index is 5.40. The van der Waals surface area contributed by atoms with Gasteiger partial charge < -0.3 is 10.1 Å². The van der Waals surface area contributed by atoms with Gasteiger partial charge >= 0.3 is 0 Å². The van der Waals surface area contributed by atoms with Crippen LogP contribution in [0.1, 0.15) is 34.4 Å². The number of benzene rings is 1. The van der Waals surface area contributed by atoms with Crippen molar-refractivity contribution in [3.05, 3.63) is 57.8 Å². The van der Waals surface area contributed by atoms with Gasteiger partial charge in [0.1, 0.15) is 5.75 Å². The molecule has 3 atom stereocenters. The van der Waals surface area contributed by atoms with Crippen molar-refractivity contribution in [3.8, 4) is 5.75 Å². The molecule has 2 aromatic rings. The summed E-state index contributed by atoms with van der Waals surface area (Å²) in [6.07, 6.45) is 5.86. The molecule has 0 bridgehead atoms. The summed E-state index contributed by atoms with van der Waals surface area (Å²) in [6, 6.07) is 9.04. The lowest BCUT2D eigenvalue weighted by Gasteiger charge is -2.37. The number of aryl methyl sites for hydroxylation is 1. The van der Waals surface area contributed by atoms with Crippen molar-refractivity contribution >= 4 is 17.0 Å². The smallest absolute Gasteiger partial charge is 0.119 e. The molecule has 0 saturated heterocycles. The van der Waals surface area contributed by atoms with Crippen LogP contribution >= 0.6 is 11.3 Å². The summed E-state index contributed by atoms with van der Waals surface area (Å²) in [5.74, 6) is 2.06. The van der Waals surface area contributed by atoms with Crippen LogP contribution in [0.3, 0.4) is 0 Å². The molecule has 2 heterocycles. The quantitative estimate of drug-likeness (QED) is 0.797. The van der Waals surface area contributed by atoms with Gasteiger partial charge in [-0.2, -0.15) is 0 Å². The number of methoxy groups -OCH3 is 1. The summed E-state index contributed by atoms with van der Waals surface area (Å²) in [4.78, 5) is 1.48. The first-order valence-corrected chi connectivity index (χ1v) is 8.31. The first-order chi connectivity index (χ1) is 10.3. The molecular weight excluding hydrogens is 278 g/mol. The molecule has 1 N–H and O–H groups in total. The molecule has 1 aromatic heterocycles. The minimum atomic E-state index is 0.422. The van der Waals surface area contributed by atoms with Crippen LogP contribution in [-0.4, -0.2) is 7.11 Å². The Morgan fingerprint density at radius 1 is 1.29 bits per heavy atom. The number of hydrogen-bond acceptors (Lipinski definition) is 3. The Morgan fingerprint density at radius 2 is 2.19 bits per heavy atom. The van der Waals surface area contributed by atoms with E-state index in [0.717, 1.165) is 12.2 Å². The van der Waals surface area contributed by atoms with Gasteiger partial charge in [0, 0.05) is 16.5 Å². The lowest BCUT2D eigenvalue weighted by molar-refractivity contribution is 0.406. The number of thiophene rings is 1. The predicted octanol–water partition coefficient (Wildman–Crippen LogP) is 4.89. The number of ether oxygens (including phenoxy) is 1. The van der Waals surface area contributed by atoms with Crippen molar-refractivity contribution in [3.63, 3.8) is 0 Å². The van der Waals surface area contributed by atoms with E-state index in [0.29, 0.717) is 17.9 Å².